The lowest BCUT2D eigenvalue weighted by molar-refractivity contribution is -0.909. The Hall–Kier alpha value is -0.610. The van der Waals surface area contributed by atoms with Crippen molar-refractivity contribution in [3.63, 3.8) is 0 Å². The van der Waals surface area contributed by atoms with Crippen LogP contribution in [0.5, 0.6) is 0 Å². The number of hydrogen-bond acceptors (Lipinski definition) is 3. The molecule has 0 aromatic heterocycles. The lowest BCUT2D eigenvalue weighted by atomic mass is 10.2. The first-order valence-corrected chi connectivity index (χ1v) is 4.27. The van der Waals surface area contributed by atoms with E-state index in [-0.39, 0.29) is 18.8 Å². The highest BCUT2D eigenvalue weighted by Crippen LogP contribution is 1.97. The van der Waals surface area contributed by atoms with Crippen molar-refractivity contribution in [1.29, 1.82) is 0 Å². The van der Waals surface area contributed by atoms with Crippen molar-refractivity contribution in [2.75, 3.05) is 19.6 Å². The van der Waals surface area contributed by atoms with Gasteiger partial charge < -0.3 is 19.5 Å². The van der Waals surface area contributed by atoms with Gasteiger partial charge in [-0.15, -0.1) is 0 Å². The van der Waals surface area contributed by atoms with Crippen LogP contribution >= 0.6 is 0 Å². The third-order valence-corrected chi connectivity index (χ3v) is 2.01. The van der Waals surface area contributed by atoms with E-state index in [9.17, 15) is 9.90 Å². The molecule has 4 heteroatoms. The van der Waals surface area contributed by atoms with Gasteiger partial charge in [0.15, 0.2) is 0 Å². The molecule has 1 fully saturated rings. The highest BCUT2D eigenvalue weighted by Gasteiger charge is 2.24. The Kier molecular flexibility index (Phi) is 3.05. The van der Waals surface area contributed by atoms with Crippen LogP contribution in [-0.2, 0) is 9.53 Å². The predicted molar refractivity (Wildman–Crippen MR) is 40.6 cm³/mol. The Morgan fingerprint density at radius 3 is 2.42 bits per heavy atom. The number of rotatable bonds is 2. The number of aliphatic carboxylic acids is 1. The Morgan fingerprint density at radius 2 is 2.00 bits per heavy atom. The summed E-state index contributed by atoms with van der Waals surface area (Å²) in [6.45, 7) is 5.55. The summed E-state index contributed by atoms with van der Waals surface area (Å²) < 4.78 is 5.46. The molecule has 0 amide bonds. The van der Waals surface area contributed by atoms with Crippen LogP contribution in [0.25, 0.3) is 0 Å². The summed E-state index contributed by atoms with van der Waals surface area (Å²) in [5, 5.41) is 10.3. The highest BCUT2D eigenvalue weighted by atomic mass is 16.5. The molecule has 70 valence electrons. The summed E-state index contributed by atoms with van der Waals surface area (Å²) in [5.41, 5.74) is 0. The first kappa shape index (κ1) is 9.48. The summed E-state index contributed by atoms with van der Waals surface area (Å²) in [6.07, 6.45) is 0.311. The summed E-state index contributed by atoms with van der Waals surface area (Å²) in [5.74, 6) is -0.980. The Morgan fingerprint density at radius 1 is 1.50 bits per heavy atom. The molecule has 0 spiro atoms. The third-order valence-electron chi connectivity index (χ3n) is 2.01. The minimum atomic E-state index is -0.980. The van der Waals surface area contributed by atoms with E-state index in [1.54, 1.807) is 0 Å². The molecule has 1 N–H and O–H groups in total. The quantitative estimate of drug-likeness (QED) is 0.499. The van der Waals surface area contributed by atoms with Gasteiger partial charge in [-0.25, -0.2) is 0 Å². The average Bonchev–Trinajstić information content (AvgIpc) is 1.81. The molecule has 1 saturated heterocycles. The molecule has 12 heavy (non-hydrogen) atoms. The number of hydrogen-bond donors (Lipinski definition) is 1. The van der Waals surface area contributed by atoms with Crippen molar-refractivity contribution in [2.45, 2.75) is 26.1 Å². The standard InChI is InChI=1S/C8H15NO3/c1-6-3-9(5-8(10)11)4-7(2)12-6/h6-7H,3-5H2,1-2H3,(H,10,11)/t6-,7+. The van der Waals surface area contributed by atoms with E-state index >= 15 is 0 Å². The molecule has 0 aromatic carbocycles. The van der Waals surface area contributed by atoms with E-state index in [2.05, 4.69) is 0 Å². The van der Waals surface area contributed by atoms with Crippen LogP contribution in [0.15, 0.2) is 0 Å². The molecule has 4 nitrogen and oxygen atoms in total. The van der Waals surface area contributed by atoms with E-state index in [0.717, 1.165) is 18.0 Å². The number of nitrogens with one attached hydrogen (secondary N) is 1. The van der Waals surface area contributed by atoms with Crippen LogP contribution in [0.2, 0.25) is 0 Å². The minimum Gasteiger partial charge on any atom is -0.544 e. The van der Waals surface area contributed by atoms with Gasteiger partial charge >= 0.3 is 0 Å². The molecule has 1 aliphatic heterocycles. The van der Waals surface area contributed by atoms with Gasteiger partial charge in [0.1, 0.15) is 31.8 Å². The third kappa shape index (κ3) is 2.79. The van der Waals surface area contributed by atoms with Gasteiger partial charge in [-0.05, 0) is 13.8 Å². The number of quaternary nitrogens is 1. The normalized spacial score (nSPS) is 36.3. The van der Waals surface area contributed by atoms with Gasteiger partial charge in [-0.3, -0.25) is 0 Å². The van der Waals surface area contributed by atoms with E-state index in [1.807, 2.05) is 13.8 Å². The Labute approximate surface area is 72.1 Å². The molecule has 0 aromatic rings. The monoisotopic (exact) mass is 173 g/mol. The Balaban J connectivity index is 2.38. The van der Waals surface area contributed by atoms with Crippen LogP contribution in [0.4, 0.5) is 0 Å². The summed E-state index contributed by atoms with van der Waals surface area (Å²) in [6, 6.07) is 0. The van der Waals surface area contributed by atoms with E-state index in [1.165, 1.54) is 0 Å². The number of carbonyl (C=O) groups is 1. The van der Waals surface area contributed by atoms with Crippen LogP contribution in [0.1, 0.15) is 13.8 Å². The molecule has 1 rings (SSSR count). The van der Waals surface area contributed by atoms with Gasteiger partial charge in [0, 0.05) is 0 Å². The average molecular weight is 173 g/mol. The maximum atomic E-state index is 10.3. The Bertz CT molecular complexity index is 162. The topological polar surface area (TPSA) is 53.8 Å². The molecule has 3 atom stereocenters. The fourth-order valence-electron chi connectivity index (χ4n) is 1.74. The fraction of sp³-hybridized carbons (Fsp3) is 0.875. The predicted octanol–water partition coefficient (Wildman–Crippen LogP) is -2.57. The van der Waals surface area contributed by atoms with Gasteiger partial charge in [-0.1, -0.05) is 0 Å². The maximum absolute atomic E-state index is 10.3. The second-order valence-electron chi connectivity index (χ2n) is 3.46. The fourth-order valence-corrected chi connectivity index (χ4v) is 1.74. The number of carboxylic acid groups (broad SMARTS) is 1. The van der Waals surface area contributed by atoms with E-state index in [0.29, 0.717) is 0 Å². The second-order valence-corrected chi connectivity index (χ2v) is 3.46. The zero-order valence-electron chi connectivity index (χ0n) is 7.50. The molecule has 1 aliphatic rings. The molecule has 0 aliphatic carbocycles. The zero-order valence-corrected chi connectivity index (χ0v) is 7.50. The van der Waals surface area contributed by atoms with Gasteiger partial charge in [0.2, 0.25) is 0 Å². The van der Waals surface area contributed by atoms with Crippen LogP contribution in [-0.4, -0.2) is 37.8 Å². The molecule has 1 heterocycles. The molecular formula is C8H15NO3. The van der Waals surface area contributed by atoms with Crippen molar-refractivity contribution in [1.82, 2.24) is 0 Å². The lowest BCUT2D eigenvalue weighted by Crippen LogP contribution is -3.16. The van der Waals surface area contributed by atoms with Crippen LogP contribution in [0, 0.1) is 0 Å². The molecule has 0 saturated carbocycles. The van der Waals surface area contributed by atoms with Crippen LogP contribution < -0.4 is 10.0 Å². The minimum absolute atomic E-state index is 0.0953. The zero-order chi connectivity index (χ0) is 9.14. The number of morpholine rings is 1. The number of carbonyl (C=O) groups excluding carboxylic acids is 1. The number of ether oxygens (including phenoxy) is 1. The van der Waals surface area contributed by atoms with Crippen molar-refractivity contribution in [2.24, 2.45) is 0 Å². The molecule has 0 radical (unpaired) electrons. The van der Waals surface area contributed by atoms with Gasteiger partial charge in [0.05, 0.1) is 5.97 Å². The van der Waals surface area contributed by atoms with Crippen molar-refractivity contribution in [3.05, 3.63) is 0 Å². The van der Waals surface area contributed by atoms with Gasteiger partial charge in [-0.2, -0.15) is 0 Å². The summed E-state index contributed by atoms with van der Waals surface area (Å²) in [4.78, 5) is 11.4. The van der Waals surface area contributed by atoms with Crippen molar-refractivity contribution in [3.8, 4) is 0 Å². The smallest absolute Gasteiger partial charge is 0.118 e. The lowest BCUT2D eigenvalue weighted by Gasteiger charge is -2.32. The van der Waals surface area contributed by atoms with Crippen molar-refractivity contribution >= 4 is 5.97 Å². The van der Waals surface area contributed by atoms with E-state index in [4.69, 9.17) is 4.74 Å². The molecular weight excluding hydrogens is 158 g/mol. The van der Waals surface area contributed by atoms with Gasteiger partial charge in [0.25, 0.3) is 0 Å². The largest absolute Gasteiger partial charge is 0.544 e. The highest BCUT2D eigenvalue weighted by molar-refractivity contribution is 5.65. The van der Waals surface area contributed by atoms with Crippen LogP contribution in [0.3, 0.4) is 0 Å². The molecule has 1 unspecified atom stereocenters. The second kappa shape index (κ2) is 3.87. The molecule has 0 bridgehead atoms. The number of carboxylic acids is 1. The maximum Gasteiger partial charge on any atom is 0.118 e. The SMILES string of the molecule is C[C@@H]1C[NH+](CC(=O)[O-])C[C@H](C)O1. The van der Waals surface area contributed by atoms with E-state index < -0.39 is 5.97 Å². The summed E-state index contributed by atoms with van der Waals surface area (Å²) >= 11 is 0. The summed E-state index contributed by atoms with van der Waals surface area (Å²) in [7, 11) is 0. The first-order valence-electron chi connectivity index (χ1n) is 4.27. The van der Waals surface area contributed by atoms with Crippen molar-refractivity contribution < 1.29 is 19.5 Å². The first-order chi connectivity index (χ1) is 5.58.